The molecule has 2 aromatic carbocycles. The van der Waals surface area contributed by atoms with Gasteiger partial charge in [0.1, 0.15) is 0 Å². The summed E-state index contributed by atoms with van der Waals surface area (Å²) in [5.74, 6) is -1.77. The van der Waals surface area contributed by atoms with Gasteiger partial charge in [-0.3, -0.25) is 24.2 Å². The molecule has 148 valence electrons. The number of imide groups is 2. The van der Waals surface area contributed by atoms with Crippen molar-refractivity contribution >= 4 is 29.4 Å². The highest BCUT2D eigenvalue weighted by Gasteiger charge is 2.47. The van der Waals surface area contributed by atoms with Crippen molar-refractivity contribution in [3.8, 4) is 0 Å². The van der Waals surface area contributed by atoms with Gasteiger partial charge in [-0.2, -0.15) is 0 Å². The summed E-state index contributed by atoms with van der Waals surface area (Å²) in [6.45, 7) is 0.00715. The van der Waals surface area contributed by atoms with E-state index in [1.54, 1.807) is 36.4 Å². The molecule has 5 amide bonds. The summed E-state index contributed by atoms with van der Waals surface area (Å²) in [5.41, 5.74) is 1.82. The fourth-order valence-electron chi connectivity index (χ4n) is 3.82. The lowest BCUT2D eigenvalue weighted by atomic mass is 10.1. The highest BCUT2D eigenvalue weighted by atomic mass is 16.2. The second kappa shape index (κ2) is 7.87. The fraction of sp³-hybridized carbons (Fsp3) is 0.273. The van der Waals surface area contributed by atoms with E-state index in [0.717, 1.165) is 35.5 Å². The fourth-order valence-corrected chi connectivity index (χ4v) is 3.82. The minimum absolute atomic E-state index is 0.00715. The van der Waals surface area contributed by atoms with Crippen molar-refractivity contribution in [2.75, 3.05) is 5.32 Å². The third-order valence-corrected chi connectivity index (χ3v) is 5.36. The average Bonchev–Trinajstić information content (AvgIpc) is 3.33. The first-order chi connectivity index (χ1) is 14.0. The van der Waals surface area contributed by atoms with Gasteiger partial charge < -0.3 is 5.32 Å². The van der Waals surface area contributed by atoms with Crippen molar-refractivity contribution in [1.82, 2.24) is 9.80 Å². The Labute approximate surface area is 168 Å². The van der Waals surface area contributed by atoms with Gasteiger partial charge in [-0.15, -0.1) is 0 Å². The average molecular weight is 391 g/mol. The number of hydrogen-bond donors (Lipinski definition) is 1. The number of carbonyl (C=O) groups is 4. The first-order valence-corrected chi connectivity index (χ1v) is 9.69. The minimum Gasteiger partial charge on any atom is -0.322 e. The lowest BCUT2D eigenvalue weighted by molar-refractivity contribution is -0.144. The van der Waals surface area contributed by atoms with Crippen LogP contribution in [0.3, 0.4) is 0 Å². The van der Waals surface area contributed by atoms with Gasteiger partial charge in [0.2, 0.25) is 0 Å². The van der Waals surface area contributed by atoms with E-state index in [2.05, 4.69) is 5.32 Å². The van der Waals surface area contributed by atoms with E-state index >= 15 is 0 Å². The molecule has 2 aliphatic rings. The quantitative estimate of drug-likeness (QED) is 0.626. The van der Waals surface area contributed by atoms with Crippen LogP contribution in [0.25, 0.3) is 0 Å². The van der Waals surface area contributed by atoms with Crippen LogP contribution >= 0.6 is 0 Å². The van der Waals surface area contributed by atoms with Crippen LogP contribution in [-0.2, 0) is 16.1 Å². The maximum Gasteiger partial charge on any atom is 0.334 e. The van der Waals surface area contributed by atoms with Crippen LogP contribution in [0.5, 0.6) is 0 Å². The van der Waals surface area contributed by atoms with E-state index in [-0.39, 0.29) is 18.5 Å². The monoisotopic (exact) mass is 391 g/mol. The standard InChI is InChI=1S/C22H21N3O4/c26-19(23-17-6-2-1-3-7-17)16-12-10-15(11-13-16)14-24-20(27)21(28)25(22(24)29)18-8-4-5-9-18/h1-3,6-7,10-13,18H,4-5,8-9,14H2,(H,23,26). The van der Waals surface area contributed by atoms with Crippen molar-refractivity contribution in [2.45, 2.75) is 38.3 Å². The second-order valence-electron chi connectivity index (χ2n) is 7.30. The molecule has 2 aromatic rings. The van der Waals surface area contributed by atoms with Crippen LogP contribution in [0.15, 0.2) is 54.6 Å². The maximum absolute atomic E-state index is 12.6. The zero-order valence-corrected chi connectivity index (χ0v) is 15.8. The Bertz CT molecular complexity index is 950. The molecule has 0 spiro atoms. The molecule has 1 heterocycles. The normalized spacial score (nSPS) is 17.3. The molecule has 0 aromatic heterocycles. The van der Waals surface area contributed by atoms with Gasteiger partial charge in [0.15, 0.2) is 0 Å². The van der Waals surface area contributed by atoms with Gasteiger partial charge in [0, 0.05) is 17.3 Å². The molecule has 1 N–H and O–H groups in total. The third-order valence-electron chi connectivity index (χ3n) is 5.36. The van der Waals surface area contributed by atoms with Gasteiger partial charge in [0.05, 0.1) is 6.54 Å². The molecule has 1 aliphatic carbocycles. The van der Waals surface area contributed by atoms with Gasteiger partial charge in [-0.05, 0) is 42.7 Å². The Morgan fingerprint density at radius 1 is 0.897 bits per heavy atom. The first-order valence-electron chi connectivity index (χ1n) is 9.69. The zero-order valence-electron chi connectivity index (χ0n) is 15.8. The summed E-state index contributed by atoms with van der Waals surface area (Å²) in [6, 6.07) is 15.0. The van der Waals surface area contributed by atoms with Gasteiger partial charge in [-0.25, -0.2) is 4.79 Å². The molecule has 29 heavy (non-hydrogen) atoms. The molecule has 2 fully saturated rings. The van der Waals surface area contributed by atoms with Crippen LogP contribution in [0.1, 0.15) is 41.6 Å². The van der Waals surface area contributed by atoms with E-state index < -0.39 is 17.8 Å². The number of rotatable bonds is 5. The Morgan fingerprint density at radius 3 is 2.21 bits per heavy atom. The van der Waals surface area contributed by atoms with Gasteiger partial charge in [0.25, 0.3) is 5.91 Å². The summed E-state index contributed by atoms with van der Waals surface area (Å²) in [5, 5.41) is 2.80. The Balaban J connectivity index is 1.43. The lowest BCUT2D eigenvalue weighted by Crippen LogP contribution is -2.39. The number of anilines is 1. The first kappa shape index (κ1) is 18.9. The number of para-hydroxylation sites is 1. The third kappa shape index (κ3) is 3.76. The van der Waals surface area contributed by atoms with Crippen molar-refractivity contribution in [2.24, 2.45) is 0 Å². The molecular formula is C22H21N3O4. The van der Waals surface area contributed by atoms with E-state index in [0.29, 0.717) is 16.8 Å². The molecule has 0 unspecified atom stereocenters. The minimum atomic E-state index is -0.784. The topological polar surface area (TPSA) is 86.8 Å². The SMILES string of the molecule is O=C(Nc1ccccc1)c1ccc(CN2C(=O)C(=O)N(C3CCCC3)C2=O)cc1. The Morgan fingerprint density at radius 2 is 1.55 bits per heavy atom. The second-order valence-corrected chi connectivity index (χ2v) is 7.30. The van der Waals surface area contributed by atoms with Crippen LogP contribution < -0.4 is 5.32 Å². The number of amides is 5. The van der Waals surface area contributed by atoms with Crippen molar-refractivity contribution < 1.29 is 19.2 Å². The molecule has 1 saturated heterocycles. The molecule has 0 bridgehead atoms. The summed E-state index contributed by atoms with van der Waals surface area (Å²) in [6.07, 6.45) is 3.43. The predicted octanol–water partition coefficient (Wildman–Crippen LogP) is 3.17. The molecule has 7 nitrogen and oxygen atoms in total. The number of hydrogen-bond acceptors (Lipinski definition) is 4. The summed E-state index contributed by atoms with van der Waals surface area (Å²) < 4.78 is 0. The van der Waals surface area contributed by atoms with E-state index in [4.69, 9.17) is 0 Å². The predicted molar refractivity (Wildman–Crippen MR) is 106 cm³/mol. The molecule has 0 atom stereocenters. The zero-order chi connectivity index (χ0) is 20.4. The van der Waals surface area contributed by atoms with Gasteiger partial charge in [-0.1, -0.05) is 43.2 Å². The van der Waals surface area contributed by atoms with Crippen molar-refractivity contribution in [3.05, 3.63) is 65.7 Å². The molecule has 4 rings (SSSR count). The Kier molecular flexibility index (Phi) is 5.12. The van der Waals surface area contributed by atoms with Gasteiger partial charge >= 0.3 is 17.8 Å². The Hall–Kier alpha value is -3.48. The lowest BCUT2D eigenvalue weighted by Gasteiger charge is -2.21. The van der Waals surface area contributed by atoms with Crippen molar-refractivity contribution in [3.63, 3.8) is 0 Å². The summed E-state index contributed by atoms with van der Waals surface area (Å²) in [4.78, 5) is 51.7. The highest BCUT2D eigenvalue weighted by molar-refractivity contribution is 6.44. The summed E-state index contributed by atoms with van der Waals surface area (Å²) in [7, 11) is 0. The number of nitrogens with zero attached hydrogens (tertiary/aromatic N) is 2. The molecule has 1 saturated carbocycles. The van der Waals surface area contributed by atoms with Crippen LogP contribution in [-0.4, -0.2) is 39.6 Å². The smallest absolute Gasteiger partial charge is 0.322 e. The molecular weight excluding hydrogens is 370 g/mol. The van der Waals surface area contributed by atoms with Crippen molar-refractivity contribution in [1.29, 1.82) is 0 Å². The molecule has 0 radical (unpaired) electrons. The van der Waals surface area contributed by atoms with Crippen LogP contribution in [0.4, 0.5) is 10.5 Å². The largest absolute Gasteiger partial charge is 0.334 e. The number of carbonyl (C=O) groups excluding carboxylic acids is 4. The maximum atomic E-state index is 12.6. The van der Waals surface area contributed by atoms with E-state index in [1.807, 2.05) is 18.2 Å². The number of urea groups is 1. The molecule has 7 heteroatoms. The van der Waals surface area contributed by atoms with Crippen LogP contribution in [0.2, 0.25) is 0 Å². The van der Waals surface area contributed by atoms with E-state index in [1.165, 1.54) is 0 Å². The van der Waals surface area contributed by atoms with E-state index in [9.17, 15) is 19.2 Å². The number of nitrogens with one attached hydrogen (secondary N) is 1. The van der Waals surface area contributed by atoms with Crippen LogP contribution in [0, 0.1) is 0 Å². The number of benzene rings is 2. The summed E-state index contributed by atoms with van der Waals surface area (Å²) >= 11 is 0. The highest BCUT2D eigenvalue weighted by Crippen LogP contribution is 2.28. The molecule has 1 aliphatic heterocycles.